The molecule has 0 spiro atoms. The highest BCUT2D eigenvalue weighted by atomic mass is 16.6. The van der Waals surface area contributed by atoms with Crippen LogP contribution in [0, 0.1) is 10.1 Å². The zero-order chi connectivity index (χ0) is 20.7. The van der Waals surface area contributed by atoms with Crippen molar-refractivity contribution in [2.75, 3.05) is 4.90 Å². The Morgan fingerprint density at radius 1 is 0.833 bits per heavy atom. The van der Waals surface area contributed by atoms with Gasteiger partial charge in [0, 0.05) is 6.07 Å². The van der Waals surface area contributed by atoms with Gasteiger partial charge in [0.25, 0.3) is 11.6 Å². The van der Waals surface area contributed by atoms with Gasteiger partial charge in [-0.2, -0.15) is 0 Å². The van der Waals surface area contributed by atoms with E-state index in [1.807, 2.05) is 60.7 Å². The van der Waals surface area contributed by atoms with E-state index in [-0.39, 0.29) is 17.3 Å². The number of carbonyl (C=O) groups excluding carboxylic acids is 1. The van der Waals surface area contributed by atoms with Crippen molar-refractivity contribution in [3.63, 3.8) is 0 Å². The van der Waals surface area contributed by atoms with Gasteiger partial charge >= 0.3 is 0 Å². The Morgan fingerprint density at radius 3 is 2.27 bits per heavy atom. The van der Waals surface area contributed by atoms with Crippen LogP contribution in [0.25, 0.3) is 10.8 Å². The lowest BCUT2D eigenvalue weighted by Gasteiger charge is -2.22. The Bertz CT molecular complexity index is 1300. The fourth-order valence-electron chi connectivity index (χ4n) is 3.69. The van der Waals surface area contributed by atoms with Gasteiger partial charge in [-0.15, -0.1) is 0 Å². The lowest BCUT2D eigenvalue weighted by molar-refractivity contribution is -0.384. The number of nitro groups is 1. The lowest BCUT2D eigenvalue weighted by Crippen LogP contribution is -2.29. The lowest BCUT2D eigenvalue weighted by atomic mass is 10.0. The molecule has 0 unspecified atom stereocenters. The predicted octanol–water partition coefficient (Wildman–Crippen LogP) is 5.70. The van der Waals surface area contributed by atoms with Gasteiger partial charge in [0.05, 0.1) is 28.8 Å². The Morgan fingerprint density at radius 2 is 1.53 bits per heavy atom. The van der Waals surface area contributed by atoms with E-state index in [0.29, 0.717) is 23.5 Å². The number of nitrogens with zero attached hydrogens (tertiary/aromatic N) is 2. The summed E-state index contributed by atoms with van der Waals surface area (Å²) in [4.78, 5) is 26.0. The van der Waals surface area contributed by atoms with Crippen molar-refractivity contribution in [3.8, 4) is 11.5 Å². The van der Waals surface area contributed by atoms with E-state index in [9.17, 15) is 14.9 Å². The first kappa shape index (κ1) is 17.9. The van der Waals surface area contributed by atoms with Crippen LogP contribution in [0.4, 0.5) is 11.4 Å². The van der Waals surface area contributed by atoms with E-state index in [2.05, 4.69) is 0 Å². The van der Waals surface area contributed by atoms with Crippen molar-refractivity contribution in [1.82, 2.24) is 0 Å². The van der Waals surface area contributed by atoms with Crippen LogP contribution in [0.2, 0.25) is 0 Å². The molecule has 0 radical (unpaired) electrons. The van der Waals surface area contributed by atoms with Gasteiger partial charge in [-0.1, -0.05) is 54.6 Å². The van der Waals surface area contributed by atoms with E-state index in [1.54, 1.807) is 17.0 Å². The number of hydrogen-bond acceptors (Lipinski definition) is 4. The molecule has 146 valence electrons. The van der Waals surface area contributed by atoms with Gasteiger partial charge in [0.1, 0.15) is 5.75 Å². The third-order valence-electron chi connectivity index (χ3n) is 5.17. The Labute approximate surface area is 172 Å². The number of ether oxygens (including phenoxy) is 1. The van der Waals surface area contributed by atoms with Gasteiger partial charge < -0.3 is 9.64 Å². The van der Waals surface area contributed by atoms with Crippen LogP contribution < -0.4 is 9.64 Å². The molecular weight excluding hydrogens is 380 g/mol. The van der Waals surface area contributed by atoms with Crippen LogP contribution in [-0.4, -0.2) is 10.8 Å². The van der Waals surface area contributed by atoms with Crippen molar-refractivity contribution < 1.29 is 14.5 Å². The van der Waals surface area contributed by atoms with Crippen LogP contribution in [-0.2, 0) is 6.54 Å². The van der Waals surface area contributed by atoms with Gasteiger partial charge in [-0.3, -0.25) is 14.9 Å². The van der Waals surface area contributed by atoms with Crippen LogP contribution in [0.5, 0.6) is 11.5 Å². The van der Waals surface area contributed by atoms with Gasteiger partial charge in [-0.25, -0.2) is 0 Å². The summed E-state index contributed by atoms with van der Waals surface area (Å²) in [5.41, 5.74) is 1.77. The van der Waals surface area contributed by atoms with E-state index in [0.717, 1.165) is 16.3 Å². The van der Waals surface area contributed by atoms with Crippen molar-refractivity contribution in [3.05, 3.63) is 106 Å². The Kier molecular flexibility index (Phi) is 4.17. The SMILES string of the molecule is O=C1c2cc3ccccc3cc2Oc2cc([N+](=O)[O-])ccc2N1Cc1ccccc1. The standard InChI is InChI=1S/C24H16N2O4/c27-24-20-12-17-8-4-5-9-18(17)13-22(20)30-23-14-19(26(28)29)10-11-21(23)25(24)15-16-6-2-1-3-7-16/h1-14H,15H2. The van der Waals surface area contributed by atoms with E-state index in [1.165, 1.54) is 12.1 Å². The molecular formula is C24H16N2O4. The molecule has 4 aromatic carbocycles. The monoisotopic (exact) mass is 396 g/mol. The fraction of sp³-hybridized carbons (Fsp3) is 0.0417. The molecule has 0 aliphatic carbocycles. The molecule has 1 aliphatic rings. The highest BCUT2D eigenvalue weighted by Crippen LogP contribution is 2.42. The number of benzene rings is 4. The molecule has 0 saturated heterocycles. The molecule has 0 aromatic heterocycles. The summed E-state index contributed by atoms with van der Waals surface area (Å²) >= 11 is 0. The van der Waals surface area contributed by atoms with Crippen LogP contribution in [0.1, 0.15) is 15.9 Å². The van der Waals surface area contributed by atoms with Crippen LogP contribution in [0.15, 0.2) is 84.9 Å². The number of non-ortho nitro benzene ring substituents is 1. The first-order valence-electron chi connectivity index (χ1n) is 9.45. The first-order chi connectivity index (χ1) is 14.6. The normalized spacial score (nSPS) is 12.7. The molecule has 0 bridgehead atoms. The minimum absolute atomic E-state index is 0.0925. The zero-order valence-corrected chi connectivity index (χ0v) is 15.8. The molecule has 0 N–H and O–H groups in total. The van der Waals surface area contributed by atoms with Crippen LogP contribution in [0.3, 0.4) is 0 Å². The second kappa shape index (κ2) is 7.00. The average Bonchev–Trinajstić information content (AvgIpc) is 2.87. The molecule has 1 aliphatic heterocycles. The quantitative estimate of drug-likeness (QED) is 0.329. The first-order valence-corrected chi connectivity index (χ1v) is 9.45. The minimum Gasteiger partial charge on any atom is -0.454 e. The molecule has 4 aromatic rings. The maximum absolute atomic E-state index is 13.6. The van der Waals surface area contributed by atoms with Gasteiger partial charge in [0.15, 0.2) is 5.75 Å². The number of hydrogen-bond donors (Lipinski definition) is 0. The summed E-state index contributed by atoms with van der Waals surface area (Å²) in [5.74, 6) is 0.450. The maximum Gasteiger partial charge on any atom is 0.273 e. The Hall–Kier alpha value is -4.19. The van der Waals surface area contributed by atoms with Crippen molar-refractivity contribution >= 4 is 28.1 Å². The second-order valence-electron chi connectivity index (χ2n) is 7.08. The van der Waals surface area contributed by atoms with E-state index >= 15 is 0 Å². The Balaban J connectivity index is 1.71. The van der Waals surface area contributed by atoms with Crippen molar-refractivity contribution in [2.45, 2.75) is 6.54 Å². The molecule has 0 saturated carbocycles. The summed E-state index contributed by atoms with van der Waals surface area (Å²) in [5, 5.41) is 13.1. The summed E-state index contributed by atoms with van der Waals surface area (Å²) in [7, 11) is 0. The summed E-state index contributed by atoms with van der Waals surface area (Å²) < 4.78 is 6.07. The largest absolute Gasteiger partial charge is 0.454 e. The van der Waals surface area contributed by atoms with Gasteiger partial charge in [0.2, 0.25) is 0 Å². The van der Waals surface area contributed by atoms with E-state index < -0.39 is 4.92 Å². The van der Waals surface area contributed by atoms with Crippen molar-refractivity contribution in [1.29, 1.82) is 0 Å². The minimum atomic E-state index is -0.473. The number of anilines is 1. The van der Waals surface area contributed by atoms with Gasteiger partial charge in [-0.05, 0) is 34.5 Å². The molecule has 6 nitrogen and oxygen atoms in total. The number of amides is 1. The smallest absolute Gasteiger partial charge is 0.273 e. The van der Waals surface area contributed by atoms with Crippen LogP contribution >= 0.6 is 0 Å². The molecule has 6 heteroatoms. The number of fused-ring (bicyclic) bond motifs is 3. The zero-order valence-electron chi connectivity index (χ0n) is 15.8. The molecule has 1 heterocycles. The topological polar surface area (TPSA) is 72.7 Å². The number of nitro benzene ring substituents is 1. The maximum atomic E-state index is 13.6. The third-order valence-corrected chi connectivity index (χ3v) is 5.17. The second-order valence-corrected chi connectivity index (χ2v) is 7.08. The highest BCUT2D eigenvalue weighted by Gasteiger charge is 2.30. The average molecular weight is 396 g/mol. The number of carbonyl (C=O) groups is 1. The summed E-state index contributed by atoms with van der Waals surface area (Å²) in [6, 6.07) is 25.2. The molecule has 0 fully saturated rings. The molecule has 30 heavy (non-hydrogen) atoms. The third kappa shape index (κ3) is 3.04. The van der Waals surface area contributed by atoms with Crippen molar-refractivity contribution in [2.24, 2.45) is 0 Å². The molecule has 5 rings (SSSR count). The molecule has 1 amide bonds. The highest BCUT2D eigenvalue weighted by molar-refractivity contribution is 6.11. The van der Waals surface area contributed by atoms with E-state index in [4.69, 9.17) is 4.74 Å². The fourth-order valence-corrected chi connectivity index (χ4v) is 3.69. The summed E-state index contributed by atoms with van der Waals surface area (Å²) in [6.07, 6.45) is 0. The predicted molar refractivity (Wildman–Crippen MR) is 114 cm³/mol. The summed E-state index contributed by atoms with van der Waals surface area (Å²) in [6.45, 7) is 0.320. The number of rotatable bonds is 3. The molecule has 0 atom stereocenters.